The predicted octanol–water partition coefficient (Wildman–Crippen LogP) is 2.79. The van der Waals surface area contributed by atoms with E-state index >= 15 is 0 Å². The van der Waals surface area contributed by atoms with E-state index in [1.54, 1.807) is 4.88 Å². The molecule has 0 saturated carbocycles. The van der Waals surface area contributed by atoms with Gasteiger partial charge < -0.3 is 0 Å². The molecule has 0 bridgehead atoms. The lowest BCUT2D eigenvalue weighted by Gasteiger charge is -2.15. The Morgan fingerprint density at radius 1 is 1.55 bits per heavy atom. The minimum Gasteiger partial charge on any atom is -0.271 e. The van der Waals surface area contributed by atoms with Gasteiger partial charge in [-0.25, -0.2) is 0 Å². The molecule has 1 atom stereocenters. The monoisotopic (exact) mass is 354 g/mol. The summed E-state index contributed by atoms with van der Waals surface area (Å²) >= 11 is 5.53. The molecule has 2 aromatic rings. The molecule has 1 unspecified atom stereocenters. The quantitative estimate of drug-likeness (QED) is 0.655. The first-order chi connectivity index (χ1) is 9.60. The summed E-state index contributed by atoms with van der Waals surface area (Å²) in [6.45, 7) is 2.01. The molecule has 6 heteroatoms. The summed E-state index contributed by atoms with van der Waals surface area (Å²) < 4.78 is 3.02. The van der Waals surface area contributed by atoms with Crippen LogP contribution in [0.1, 0.15) is 39.2 Å². The van der Waals surface area contributed by atoms with E-state index < -0.39 is 0 Å². The summed E-state index contributed by atoms with van der Waals surface area (Å²) in [6, 6.07) is 2.48. The van der Waals surface area contributed by atoms with Gasteiger partial charge in [0.25, 0.3) is 0 Å². The van der Waals surface area contributed by atoms with Crippen molar-refractivity contribution in [3.63, 3.8) is 0 Å². The number of hydrogen-bond donors (Lipinski definition) is 2. The van der Waals surface area contributed by atoms with Crippen molar-refractivity contribution in [1.29, 1.82) is 0 Å². The van der Waals surface area contributed by atoms with Crippen molar-refractivity contribution in [3.05, 3.63) is 37.2 Å². The number of hydrazine groups is 1. The van der Waals surface area contributed by atoms with Crippen LogP contribution in [0.2, 0.25) is 0 Å². The highest BCUT2D eigenvalue weighted by Gasteiger charge is 2.22. The van der Waals surface area contributed by atoms with Gasteiger partial charge in [-0.1, -0.05) is 0 Å². The molecule has 4 nitrogen and oxygen atoms in total. The second kappa shape index (κ2) is 5.60. The molecular formula is C14H19BrN4S. The SMILES string of the molecule is Cc1nn(C)c(CC(NN)c2cc3c(s2)CCC3)c1Br. The molecule has 0 radical (unpaired) electrons. The highest BCUT2D eigenvalue weighted by molar-refractivity contribution is 9.10. The summed E-state index contributed by atoms with van der Waals surface area (Å²) in [7, 11) is 1.98. The molecule has 108 valence electrons. The van der Waals surface area contributed by atoms with Crippen LogP contribution in [0.4, 0.5) is 0 Å². The number of thiophene rings is 1. The fraction of sp³-hybridized carbons (Fsp3) is 0.500. The standard InChI is InChI=1S/C14H19BrN4S/c1-8-14(15)11(19(2)18-8)7-10(17-16)13-6-9-4-3-5-12(9)20-13/h6,10,17H,3-5,7,16H2,1-2H3. The maximum absolute atomic E-state index is 5.79. The van der Waals surface area contributed by atoms with E-state index in [1.807, 2.05) is 30.0 Å². The largest absolute Gasteiger partial charge is 0.271 e. The molecule has 0 spiro atoms. The van der Waals surface area contributed by atoms with Crippen LogP contribution in [-0.2, 0) is 26.3 Å². The minimum atomic E-state index is 0.150. The van der Waals surface area contributed by atoms with Gasteiger partial charge in [0.2, 0.25) is 0 Å². The van der Waals surface area contributed by atoms with Gasteiger partial charge in [-0.15, -0.1) is 11.3 Å². The molecule has 20 heavy (non-hydrogen) atoms. The predicted molar refractivity (Wildman–Crippen MR) is 85.8 cm³/mol. The fourth-order valence-electron chi connectivity index (χ4n) is 2.86. The molecule has 1 aliphatic carbocycles. The number of hydrogen-bond acceptors (Lipinski definition) is 4. The van der Waals surface area contributed by atoms with Gasteiger partial charge in [0.1, 0.15) is 0 Å². The lowest BCUT2D eigenvalue weighted by Crippen LogP contribution is -2.29. The highest BCUT2D eigenvalue weighted by Crippen LogP contribution is 2.35. The second-order valence-corrected chi connectivity index (χ2v) is 7.31. The number of rotatable bonds is 4. The van der Waals surface area contributed by atoms with Crippen LogP contribution < -0.4 is 11.3 Å². The molecule has 2 aromatic heterocycles. The molecule has 0 fully saturated rings. The molecule has 0 saturated heterocycles. The van der Waals surface area contributed by atoms with Crippen LogP contribution in [-0.4, -0.2) is 9.78 Å². The summed E-state index contributed by atoms with van der Waals surface area (Å²) in [5, 5.41) is 4.45. The number of fused-ring (bicyclic) bond motifs is 1. The van der Waals surface area contributed by atoms with Crippen molar-refractivity contribution >= 4 is 27.3 Å². The molecular weight excluding hydrogens is 336 g/mol. The van der Waals surface area contributed by atoms with E-state index in [0.717, 1.165) is 16.6 Å². The number of aromatic nitrogens is 2. The van der Waals surface area contributed by atoms with E-state index in [1.165, 1.54) is 35.4 Å². The zero-order valence-corrected chi connectivity index (χ0v) is 14.1. The number of nitrogens with one attached hydrogen (secondary N) is 1. The summed E-state index contributed by atoms with van der Waals surface area (Å²) in [6.07, 6.45) is 4.59. The van der Waals surface area contributed by atoms with Crippen molar-refractivity contribution in [2.24, 2.45) is 12.9 Å². The Labute approximate surface area is 131 Å². The van der Waals surface area contributed by atoms with Gasteiger partial charge in [-0.05, 0) is 53.7 Å². The molecule has 3 N–H and O–H groups in total. The van der Waals surface area contributed by atoms with Gasteiger partial charge in [-0.3, -0.25) is 16.0 Å². The Bertz CT molecular complexity index is 610. The van der Waals surface area contributed by atoms with Crippen LogP contribution in [0.15, 0.2) is 10.5 Å². The molecule has 0 amide bonds. The number of nitrogens with zero attached hydrogens (tertiary/aromatic N) is 2. The van der Waals surface area contributed by atoms with Crippen LogP contribution in [0.5, 0.6) is 0 Å². The fourth-order valence-corrected chi connectivity index (χ4v) is 4.68. The van der Waals surface area contributed by atoms with E-state index in [9.17, 15) is 0 Å². The van der Waals surface area contributed by atoms with Gasteiger partial charge in [-0.2, -0.15) is 5.10 Å². The van der Waals surface area contributed by atoms with E-state index in [4.69, 9.17) is 5.84 Å². The van der Waals surface area contributed by atoms with Crippen molar-refractivity contribution in [2.45, 2.75) is 38.6 Å². The lowest BCUT2D eigenvalue weighted by molar-refractivity contribution is 0.536. The normalized spacial score (nSPS) is 15.6. The van der Waals surface area contributed by atoms with E-state index in [0.29, 0.717) is 0 Å². The van der Waals surface area contributed by atoms with Gasteiger partial charge in [0.15, 0.2) is 0 Å². The lowest BCUT2D eigenvalue weighted by atomic mass is 10.1. The number of aryl methyl sites for hydroxylation is 4. The van der Waals surface area contributed by atoms with Crippen LogP contribution in [0.3, 0.4) is 0 Å². The molecule has 2 heterocycles. The van der Waals surface area contributed by atoms with Crippen LogP contribution in [0.25, 0.3) is 0 Å². The third-order valence-corrected chi connectivity index (χ3v) is 6.35. The van der Waals surface area contributed by atoms with Crippen molar-refractivity contribution in [2.75, 3.05) is 0 Å². The average Bonchev–Trinajstić information content (AvgIpc) is 3.04. The third kappa shape index (κ3) is 2.45. The zero-order chi connectivity index (χ0) is 14.3. The van der Waals surface area contributed by atoms with Gasteiger partial charge in [0, 0.05) is 23.2 Å². The second-order valence-electron chi connectivity index (χ2n) is 5.34. The van der Waals surface area contributed by atoms with Crippen molar-refractivity contribution < 1.29 is 0 Å². The summed E-state index contributed by atoms with van der Waals surface area (Å²) in [4.78, 5) is 2.88. The Kier molecular flexibility index (Phi) is 3.99. The van der Waals surface area contributed by atoms with E-state index in [-0.39, 0.29) is 6.04 Å². The first-order valence-corrected chi connectivity index (χ1v) is 8.46. The highest BCUT2D eigenvalue weighted by atomic mass is 79.9. The molecule has 1 aliphatic rings. The topological polar surface area (TPSA) is 55.9 Å². The third-order valence-electron chi connectivity index (χ3n) is 3.97. The Morgan fingerprint density at radius 2 is 2.35 bits per heavy atom. The van der Waals surface area contributed by atoms with Gasteiger partial charge in [0.05, 0.1) is 21.9 Å². The number of halogens is 1. The summed E-state index contributed by atoms with van der Waals surface area (Å²) in [5.41, 5.74) is 6.69. The van der Waals surface area contributed by atoms with Crippen LogP contribution >= 0.6 is 27.3 Å². The van der Waals surface area contributed by atoms with Crippen molar-refractivity contribution in [1.82, 2.24) is 15.2 Å². The Morgan fingerprint density at radius 3 is 2.95 bits per heavy atom. The maximum atomic E-state index is 5.79. The van der Waals surface area contributed by atoms with E-state index in [2.05, 4.69) is 32.5 Å². The first-order valence-electron chi connectivity index (χ1n) is 6.85. The molecule has 0 aromatic carbocycles. The smallest absolute Gasteiger partial charge is 0.0738 e. The molecule has 0 aliphatic heterocycles. The summed E-state index contributed by atoms with van der Waals surface area (Å²) in [5.74, 6) is 5.79. The molecule has 3 rings (SSSR count). The first kappa shape index (κ1) is 14.3. The number of nitrogens with two attached hydrogens (primary N) is 1. The van der Waals surface area contributed by atoms with Crippen molar-refractivity contribution in [3.8, 4) is 0 Å². The Balaban J connectivity index is 1.86. The van der Waals surface area contributed by atoms with Gasteiger partial charge >= 0.3 is 0 Å². The maximum Gasteiger partial charge on any atom is 0.0738 e. The minimum absolute atomic E-state index is 0.150. The average molecular weight is 355 g/mol. The zero-order valence-electron chi connectivity index (χ0n) is 11.7. The Hall–Kier alpha value is -0.690. The van der Waals surface area contributed by atoms with Crippen LogP contribution in [0, 0.1) is 6.92 Å².